The smallest absolute Gasteiger partial charge is 0.217 e. The van der Waals surface area contributed by atoms with Gasteiger partial charge in [-0.25, -0.2) is 0 Å². The predicted molar refractivity (Wildman–Crippen MR) is 302 cm³/mol. The van der Waals surface area contributed by atoms with Crippen LogP contribution in [0.2, 0.25) is 0 Å². The number of aliphatic hydroxyl groups is 23. The van der Waals surface area contributed by atoms with Crippen molar-refractivity contribution in [2.45, 2.75) is 266 Å². The Kier molecular flexibility index (Phi) is 28.9. The third kappa shape index (κ3) is 17.5. The zero-order chi connectivity index (χ0) is 72.2. The van der Waals surface area contributed by atoms with Crippen LogP contribution in [-0.2, 0) is 80.7 Å². The normalized spacial score (nSPS) is 49.5. The summed E-state index contributed by atoms with van der Waals surface area (Å²) < 4.78 is 82.6. The fourth-order valence-electron chi connectivity index (χ4n) is 13.0. The van der Waals surface area contributed by atoms with E-state index in [1.54, 1.807) is 0 Å². The van der Waals surface area contributed by atoms with E-state index in [2.05, 4.69) is 16.0 Å². The van der Waals surface area contributed by atoms with E-state index in [1.807, 2.05) is 0 Å². The summed E-state index contributed by atoms with van der Waals surface area (Å²) in [5.74, 6) is -3.95. The van der Waals surface area contributed by atoms with E-state index in [-0.39, 0.29) is 0 Å². The van der Waals surface area contributed by atoms with Crippen LogP contribution in [0.1, 0.15) is 27.2 Å². The van der Waals surface area contributed by atoms with Crippen molar-refractivity contribution >= 4 is 17.7 Å². The Bertz CT molecular complexity index is 2510. The van der Waals surface area contributed by atoms with Crippen molar-refractivity contribution in [1.29, 1.82) is 0 Å². The molecular formula is C55H93N3O40. The summed E-state index contributed by atoms with van der Waals surface area (Å²) in [7, 11) is 0. The lowest BCUT2D eigenvalue weighted by Gasteiger charge is -2.51. The Labute approximate surface area is 555 Å². The van der Waals surface area contributed by atoms with E-state index in [1.165, 1.54) is 0 Å². The summed E-state index contributed by atoms with van der Waals surface area (Å²) >= 11 is 0. The summed E-state index contributed by atoms with van der Waals surface area (Å²) in [5, 5.41) is 259. The molecule has 8 rings (SSSR count). The Morgan fingerprint density at radius 3 is 1.08 bits per heavy atom. The van der Waals surface area contributed by atoms with E-state index in [4.69, 9.17) is 66.3 Å². The van der Waals surface area contributed by atoms with Crippen LogP contribution in [0.25, 0.3) is 0 Å². The van der Waals surface area contributed by atoms with Crippen molar-refractivity contribution in [3.63, 3.8) is 0 Å². The Morgan fingerprint density at radius 2 is 0.653 bits per heavy atom. The van der Waals surface area contributed by atoms with Crippen LogP contribution >= 0.6 is 0 Å². The third-order valence-electron chi connectivity index (χ3n) is 18.4. The number of hydrogen-bond donors (Lipinski definition) is 26. The molecule has 7 heterocycles. The van der Waals surface area contributed by atoms with Gasteiger partial charge in [0.2, 0.25) is 17.7 Å². The summed E-state index contributed by atoms with van der Waals surface area (Å²) in [6.45, 7) is -5.09. The van der Waals surface area contributed by atoms with E-state index < -0.39 is 322 Å². The monoisotopic (exact) mass is 1440 g/mol. The van der Waals surface area contributed by atoms with Crippen LogP contribution < -0.4 is 16.0 Å². The number of aliphatic hydroxyl groups excluding tert-OH is 23. The highest BCUT2D eigenvalue weighted by Crippen LogP contribution is 2.40. The number of carbonyl (C=O) groups excluding carboxylic acids is 3. The van der Waals surface area contributed by atoms with E-state index in [0.717, 1.165) is 20.8 Å². The molecule has 43 nitrogen and oxygen atoms in total. The molecule has 3 amide bonds. The van der Waals surface area contributed by atoms with Crippen molar-refractivity contribution in [3.8, 4) is 0 Å². The maximum atomic E-state index is 12.8. The largest absolute Gasteiger partial charge is 0.396 e. The maximum absolute atomic E-state index is 12.8. The summed E-state index contributed by atoms with van der Waals surface area (Å²) in [4.78, 5) is 37.8. The lowest BCUT2D eigenvalue weighted by atomic mass is 9.80. The second kappa shape index (κ2) is 35.1. The molecule has 0 bridgehead atoms. The minimum Gasteiger partial charge on any atom is -0.396 e. The molecule has 0 aromatic carbocycles. The average Bonchev–Trinajstić information content (AvgIpc) is 0.778. The molecule has 568 valence electrons. The molecule has 40 atom stereocenters. The molecule has 1 saturated carbocycles. The van der Waals surface area contributed by atoms with E-state index in [0.29, 0.717) is 0 Å². The third-order valence-corrected chi connectivity index (χ3v) is 18.4. The van der Waals surface area contributed by atoms with Gasteiger partial charge in [0.05, 0.1) is 58.5 Å². The molecular weight excluding hydrogens is 1340 g/mol. The molecule has 0 spiro atoms. The zero-order valence-corrected chi connectivity index (χ0v) is 52.7. The molecule has 0 aromatic heterocycles. The Balaban J connectivity index is 1.10. The van der Waals surface area contributed by atoms with Crippen molar-refractivity contribution in [1.82, 2.24) is 16.0 Å². The van der Waals surface area contributed by atoms with Crippen LogP contribution in [-0.4, -0.2) is 427 Å². The van der Waals surface area contributed by atoms with Crippen LogP contribution in [0.4, 0.5) is 0 Å². The number of carbonyl (C=O) groups is 3. The van der Waals surface area contributed by atoms with Crippen LogP contribution in [0, 0.1) is 5.92 Å². The van der Waals surface area contributed by atoms with Gasteiger partial charge in [-0.15, -0.1) is 0 Å². The summed E-state index contributed by atoms with van der Waals surface area (Å²) in [6.07, 6.45) is -72.0. The average molecular weight is 1440 g/mol. The lowest BCUT2D eigenvalue weighted by Crippen LogP contribution is -2.70. The van der Waals surface area contributed by atoms with Gasteiger partial charge in [0.15, 0.2) is 44.0 Å². The summed E-state index contributed by atoms with van der Waals surface area (Å²) in [5.41, 5.74) is 0. The van der Waals surface area contributed by atoms with Gasteiger partial charge in [-0.3, -0.25) is 14.4 Å². The predicted octanol–water partition coefficient (Wildman–Crippen LogP) is -17.4. The van der Waals surface area contributed by atoms with Crippen molar-refractivity contribution < 1.29 is 198 Å². The van der Waals surface area contributed by atoms with Gasteiger partial charge < -0.3 is 200 Å². The fourth-order valence-corrected chi connectivity index (χ4v) is 13.0. The van der Waals surface area contributed by atoms with Crippen molar-refractivity contribution in [3.05, 3.63) is 0 Å². The molecule has 1 aliphatic carbocycles. The first-order chi connectivity index (χ1) is 46.4. The van der Waals surface area contributed by atoms with Gasteiger partial charge in [-0.05, 0) is 6.42 Å². The van der Waals surface area contributed by atoms with Gasteiger partial charge in [-0.2, -0.15) is 0 Å². The Morgan fingerprint density at radius 1 is 0.306 bits per heavy atom. The quantitative estimate of drug-likeness (QED) is 0.0404. The molecule has 0 aromatic rings. The lowest BCUT2D eigenvalue weighted by molar-refractivity contribution is -0.381. The van der Waals surface area contributed by atoms with Gasteiger partial charge in [0, 0.05) is 33.3 Å². The molecule has 7 saturated heterocycles. The van der Waals surface area contributed by atoms with E-state index >= 15 is 0 Å². The highest BCUT2D eigenvalue weighted by Gasteiger charge is 2.60. The molecule has 7 aliphatic heterocycles. The summed E-state index contributed by atoms with van der Waals surface area (Å²) in [6, 6.07) is -5.39. The molecule has 43 heteroatoms. The van der Waals surface area contributed by atoms with Gasteiger partial charge in [-0.1, -0.05) is 0 Å². The van der Waals surface area contributed by atoms with Crippen molar-refractivity contribution in [2.24, 2.45) is 5.92 Å². The fraction of sp³-hybridized carbons (Fsp3) is 0.945. The topological polar surface area (TPSA) is 682 Å². The number of nitrogens with one attached hydrogen (secondary N) is 3. The van der Waals surface area contributed by atoms with Gasteiger partial charge >= 0.3 is 0 Å². The van der Waals surface area contributed by atoms with Crippen LogP contribution in [0.15, 0.2) is 0 Å². The standard InChI is InChI=1S/C55H93N3O40/c1-13(66)56-25-33(74)44(21(9-63)87-49(25)84)97-54-42(83)47(86-17-4-16(5-59)28(69)38(79)43(17)94-50-26(57-14(2)67)34(75)45(22(10-64)91-50)95-52-40(81)36(77)29(70)18(6-60)88-52)32(73)24(93-54)12-85-55-48(39(80)31(72)20(8-62)90-55)98-51-27(58-15(3)68)35(76)46(23(11-65)92-51)96-53-41(82)37(78)30(71)19(7-61)89-53/h16-55,59-65,69-84H,4-12H2,1-3H3,(H,56,66)(H,57,67)(H,58,68)/t16-,17-,18?,19?,20?,21?,22?,23?,24?,25?,26?,27?,28+,29-,30-,31+,32+,33+,34+,35+,36-,37-,38?,39-,40?,41?,42?,43?,44+,45+,46+,47-,48?,49?,50-,51-,52-,53-,54-,55-/m0/s1. The van der Waals surface area contributed by atoms with Crippen LogP contribution in [0.3, 0.4) is 0 Å². The molecule has 26 N–H and O–H groups in total. The van der Waals surface area contributed by atoms with Crippen LogP contribution in [0.5, 0.6) is 0 Å². The maximum Gasteiger partial charge on any atom is 0.217 e. The Hall–Kier alpha value is -3.07. The first-order valence-electron chi connectivity index (χ1n) is 31.5. The van der Waals surface area contributed by atoms with Gasteiger partial charge in [0.1, 0.15) is 183 Å². The van der Waals surface area contributed by atoms with Gasteiger partial charge in [0.25, 0.3) is 0 Å². The highest BCUT2D eigenvalue weighted by molar-refractivity contribution is 5.74. The molecule has 8 aliphatic rings. The first kappa shape index (κ1) is 80.6. The number of hydrogen-bond acceptors (Lipinski definition) is 40. The second-order valence-electron chi connectivity index (χ2n) is 25.1. The van der Waals surface area contributed by atoms with Crippen molar-refractivity contribution in [2.75, 3.05) is 52.9 Å². The second-order valence-corrected chi connectivity index (χ2v) is 25.1. The SMILES string of the molecule is CC(=O)NC1C(O)OC(CO)[C@@H](O[C@@H]2OC(CO[C@H]3OC(CO)[C@@H](O)[C@H](O)C3O[C@@H]3OC(CO)[C@@H](O[C@@H]4OC(CO)[C@H](O)[C@H](O)C4O)[C@H](O)C3NC(C)=O)[C@@H](O)[C@H](O[C@H]3C[C@@H](CO)[C@@H](O)C(O)C3O[C@@H]3OC(CO)[C@@H](O[C@@H]4OC(CO)[C@H](O)[C@H](O)C4O)[C@H](O)C3NC(C)=O)C2O)[C@@H]1O. The zero-order valence-electron chi connectivity index (χ0n) is 52.7. The minimum absolute atomic E-state index is 0.597. The number of amides is 3. The highest BCUT2D eigenvalue weighted by atomic mass is 16.8. The number of rotatable bonds is 25. The van der Waals surface area contributed by atoms with E-state index in [9.17, 15) is 132 Å². The molecule has 17 unspecified atom stereocenters. The number of ether oxygens (including phenoxy) is 14. The minimum atomic E-state index is -2.37. The molecule has 0 radical (unpaired) electrons. The molecule has 8 fully saturated rings. The first-order valence-corrected chi connectivity index (χ1v) is 31.5. The molecule has 98 heavy (non-hydrogen) atoms.